The molecule has 0 N–H and O–H groups in total. The second-order valence-corrected chi connectivity index (χ2v) is 6.81. The maximum Gasteiger partial charge on any atom is 0.334 e. The summed E-state index contributed by atoms with van der Waals surface area (Å²) >= 11 is 3.48. The van der Waals surface area contributed by atoms with Crippen LogP contribution < -0.4 is 0 Å². The summed E-state index contributed by atoms with van der Waals surface area (Å²) in [5.41, 5.74) is 0.154. The Balaban J connectivity index is 3.65. The van der Waals surface area contributed by atoms with Gasteiger partial charge in [0.25, 0.3) is 0 Å². The molecular weight excluding hydrogens is 308 g/mol. The zero-order valence-electron chi connectivity index (χ0n) is 13.0. The van der Waals surface area contributed by atoms with Gasteiger partial charge in [0.2, 0.25) is 0 Å². The summed E-state index contributed by atoms with van der Waals surface area (Å²) in [5.74, 6) is 2.74. The first-order chi connectivity index (χ1) is 10.1. The Hall–Kier alpha value is -0.620. The third-order valence-electron chi connectivity index (χ3n) is 2.29. The number of carbonyl (C=O) groups excluding carboxylic acids is 2. The molecule has 0 aliphatic carbocycles. The summed E-state index contributed by atoms with van der Waals surface area (Å²) < 4.78 is 10.1. The molecule has 0 aliphatic heterocycles. The van der Waals surface area contributed by atoms with Crippen LogP contribution in [-0.4, -0.2) is 48.2 Å². The Labute approximate surface area is 136 Å². The van der Waals surface area contributed by atoms with Crippen LogP contribution in [0.4, 0.5) is 0 Å². The lowest BCUT2D eigenvalue weighted by atomic mass is 10.2. The molecule has 0 atom stereocenters. The molecule has 0 heterocycles. The molecule has 0 unspecified atom stereocenters. The first kappa shape index (κ1) is 20.4. The van der Waals surface area contributed by atoms with Crippen molar-refractivity contribution in [1.29, 1.82) is 0 Å². The van der Waals surface area contributed by atoms with Crippen LogP contribution in [0.15, 0.2) is 12.2 Å². The monoisotopic (exact) mass is 334 g/mol. The highest BCUT2D eigenvalue weighted by atomic mass is 32.2. The molecule has 4 nitrogen and oxygen atoms in total. The average molecular weight is 335 g/mol. The topological polar surface area (TPSA) is 52.6 Å². The summed E-state index contributed by atoms with van der Waals surface area (Å²) in [6.07, 6.45) is 2.12. The number of esters is 2. The van der Waals surface area contributed by atoms with Gasteiger partial charge in [-0.05, 0) is 24.3 Å². The van der Waals surface area contributed by atoms with Crippen molar-refractivity contribution >= 4 is 35.5 Å². The van der Waals surface area contributed by atoms with E-state index in [9.17, 15) is 9.59 Å². The van der Waals surface area contributed by atoms with E-state index >= 15 is 0 Å². The van der Waals surface area contributed by atoms with Crippen molar-refractivity contribution < 1.29 is 19.1 Å². The molecule has 0 spiro atoms. The Morgan fingerprint density at radius 2 is 1.43 bits per heavy atom. The zero-order chi connectivity index (χ0) is 15.9. The molecule has 0 saturated carbocycles. The van der Waals surface area contributed by atoms with Gasteiger partial charge in [-0.15, -0.1) is 0 Å². The first-order valence-electron chi connectivity index (χ1n) is 7.27. The highest BCUT2D eigenvalue weighted by Crippen LogP contribution is 2.07. The summed E-state index contributed by atoms with van der Waals surface area (Å²) in [6, 6.07) is 0. The van der Waals surface area contributed by atoms with E-state index in [1.165, 1.54) is 0 Å². The number of carbonyl (C=O) groups is 2. The van der Waals surface area contributed by atoms with E-state index in [2.05, 4.69) is 20.4 Å². The van der Waals surface area contributed by atoms with Crippen LogP contribution in [-0.2, 0) is 19.1 Å². The van der Waals surface area contributed by atoms with Crippen molar-refractivity contribution in [2.45, 2.75) is 33.1 Å². The maximum absolute atomic E-state index is 11.6. The molecule has 0 saturated heterocycles. The van der Waals surface area contributed by atoms with Crippen LogP contribution in [0, 0.1) is 0 Å². The number of hydrogen-bond donors (Lipinski definition) is 0. The summed E-state index contributed by atoms with van der Waals surface area (Å²) in [6.45, 7) is 8.52. The van der Waals surface area contributed by atoms with Crippen LogP contribution in [0.2, 0.25) is 0 Å². The van der Waals surface area contributed by atoms with E-state index in [4.69, 9.17) is 9.47 Å². The predicted octanol–water partition coefficient (Wildman–Crippen LogP) is 3.31. The van der Waals surface area contributed by atoms with Crippen LogP contribution in [0.3, 0.4) is 0 Å². The molecule has 0 fully saturated rings. The van der Waals surface area contributed by atoms with Crippen LogP contribution in [0.25, 0.3) is 0 Å². The van der Waals surface area contributed by atoms with E-state index in [-0.39, 0.29) is 12.0 Å². The molecule has 21 heavy (non-hydrogen) atoms. The van der Waals surface area contributed by atoms with Gasteiger partial charge in [0.1, 0.15) is 13.2 Å². The Kier molecular flexibility index (Phi) is 13.9. The van der Waals surface area contributed by atoms with Gasteiger partial charge >= 0.3 is 11.9 Å². The zero-order valence-corrected chi connectivity index (χ0v) is 14.7. The van der Waals surface area contributed by atoms with Crippen molar-refractivity contribution in [3.05, 3.63) is 12.2 Å². The molecule has 0 rings (SSSR count). The van der Waals surface area contributed by atoms with Crippen LogP contribution in [0.1, 0.15) is 33.1 Å². The normalized spacial score (nSPS) is 10.2. The SMILES string of the molecule is C=C(CC(=O)OCCSCCC)C(=O)OCCSCCC. The van der Waals surface area contributed by atoms with Gasteiger partial charge in [0.05, 0.1) is 6.42 Å². The number of rotatable bonds is 13. The Bertz CT molecular complexity index is 319. The molecule has 0 amide bonds. The highest BCUT2D eigenvalue weighted by Gasteiger charge is 2.14. The van der Waals surface area contributed by atoms with Crippen molar-refractivity contribution in [1.82, 2.24) is 0 Å². The van der Waals surface area contributed by atoms with Gasteiger partial charge in [-0.1, -0.05) is 20.4 Å². The van der Waals surface area contributed by atoms with Crippen molar-refractivity contribution in [2.24, 2.45) is 0 Å². The molecule has 0 aliphatic rings. The minimum absolute atomic E-state index is 0.0978. The average Bonchev–Trinajstić information content (AvgIpc) is 2.46. The predicted molar refractivity (Wildman–Crippen MR) is 90.9 cm³/mol. The molecular formula is C15H26O4S2. The van der Waals surface area contributed by atoms with Crippen molar-refractivity contribution in [2.75, 3.05) is 36.2 Å². The highest BCUT2D eigenvalue weighted by molar-refractivity contribution is 7.99. The molecule has 0 aromatic carbocycles. The fourth-order valence-electron chi connectivity index (χ4n) is 1.30. The van der Waals surface area contributed by atoms with E-state index in [1.807, 2.05) is 0 Å². The van der Waals surface area contributed by atoms with Gasteiger partial charge in [0.15, 0.2) is 0 Å². The lowest BCUT2D eigenvalue weighted by molar-refractivity contribution is -0.145. The van der Waals surface area contributed by atoms with Gasteiger partial charge in [-0.3, -0.25) is 4.79 Å². The third-order valence-corrected chi connectivity index (χ3v) is 4.60. The molecule has 0 aromatic rings. The fourth-order valence-corrected chi connectivity index (χ4v) is 2.69. The number of thioether (sulfide) groups is 2. The van der Waals surface area contributed by atoms with Crippen LogP contribution >= 0.6 is 23.5 Å². The maximum atomic E-state index is 11.6. The van der Waals surface area contributed by atoms with Gasteiger partial charge in [0, 0.05) is 17.1 Å². The lowest BCUT2D eigenvalue weighted by Crippen LogP contribution is -2.15. The largest absolute Gasteiger partial charge is 0.465 e. The minimum atomic E-state index is -0.510. The standard InChI is InChI=1S/C15H26O4S2/c1-4-8-20-10-6-18-14(16)12-13(3)15(17)19-7-11-21-9-5-2/h3-12H2,1-2H3. The second kappa shape index (κ2) is 14.3. The Morgan fingerprint density at radius 1 is 0.905 bits per heavy atom. The third kappa shape index (κ3) is 12.8. The molecule has 0 radical (unpaired) electrons. The van der Waals surface area contributed by atoms with Gasteiger partial charge < -0.3 is 9.47 Å². The molecule has 122 valence electrons. The van der Waals surface area contributed by atoms with Gasteiger partial charge in [-0.2, -0.15) is 23.5 Å². The molecule has 0 bridgehead atoms. The lowest BCUT2D eigenvalue weighted by Gasteiger charge is -2.07. The molecule has 6 heteroatoms. The second-order valence-electron chi connectivity index (χ2n) is 4.36. The van der Waals surface area contributed by atoms with E-state index in [0.717, 1.165) is 35.9 Å². The Morgan fingerprint density at radius 3 is 1.95 bits per heavy atom. The number of hydrogen-bond acceptors (Lipinski definition) is 6. The van der Waals surface area contributed by atoms with Crippen LogP contribution in [0.5, 0.6) is 0 Å². The summed E-state index contributed by atoms with van der Waals surface area (Å²) in [4.78, 5) is 23.1. The first-order valence-corrected chi connectivity index (χ1v) is 9.58. The minimum Gasteiger partial charge on any atom is -0.465 e. The van der Waals surface area contributed by atoms with Crippen molar-refractivity contribution in [3.63, 3.8) is 0 Å². The summed E-state index contributed by atoms with van der Waals surface area (Å²) in [7, 11) is 0. The smallest absolute Gasteiger partial charge is 0.334 e. The van der Waals surface area contributed by atoms with E-state index in [1.54, 1.807) is 23.5 Å². The molecule has 0 aromatic heterocycles. The van der Waals surface area contributed by atoms with E-state index in [0.29, 0.717) is 13.2 Å². The van der Waals surface area contributed by atoms with Crippen molar-refractivity contribution in [3.8, 4) is 0 Å². The fraction of sp³-hybridized carbons (Fsp3) is 0.733. The number of ether oxygens (including phenoxy) is 2. The quantitative estimate of drug-likeness (QED) is 0.293. The van der Waals surface area contributed by atoms with Gasteiger partial charge in [-0.25, -0.2) is 4.79 Å². The van der Waals surface area contributed by atoms with E-state index < -0.39 is 11.9 Å². The summed E-state index contributed by atoms with van der Waals surface area (Å²) in [5, 5.41) is 0.